The molecule has 1 aliphatic heterocycles. The molecule has 2 aromatic heterocycles. The minimum absolute atomic E-state index is 0.174. The summed E-state index contributed by atoms with van der Waals surface area (Å²) in [5.74, 6) is -1.31. The van der Waals surface area contributed by atoms with Crippen LogP contribution in [0.4, 0.5) is 5.82 Å². The third-order valence-electron chi connectivity index (χ3n) is 7.83. The number of hydrogen-bond acceptors (Lipinski definition) is 8. The summed E-state index contributed by atoms with van der Waals surface area (Å²) in [7, 11) is 0. The van der Waals surface area contributed by atoms with Gasteiger partial charge in [-0.15, -0.1) is 0 Å². The van der Waals surface area contributed by atoms with E-state index >= 15 is 0 Å². The SMILES string of the molecule is CC1C(OC(C)(C)O)[C@@H](COC(c2ccccc2)(c2ccccc2)c2ccccc2)O[C@H]1c1coc2c(N)ncnc12. The van der Waals surface area contributed by atoms with E-state index < -0.39 is 29.7 Å². The Morgan fingerprint density at radius 3 is 1.93 bits per heavy atom. The number of furan rings is 1. The maximum atomic E-state index is 10.7. The summed E-state index contributed by atoms with van der Waals surface area (Å²) >= 11 is 0. The molecule has 3 heterocycles. The fourth-order valence-corrected chi connectivity index (χ4v) is 5.97. The van der Waals surface area contributed by atoms with Crippen molar-refractivity contribution in [3.05, 3.63) is 126 Å². The van der Waals surface area contributed by atoms with Crippen LogP contribution < -0.4 is 5.73 Å². The number of nitrogens with zero attached hydrogens (tertiary/aromatic N) is 2. The fourth-order valence-electron chi connectivity index (χ4n) is 5.97. The molecule has 8 heteroatoms. The van der Waals surface area contributed by atoms with Gasteiger partial charge in [-0.3, -0.25) is 0 Å². The van der Waals surface area contributed by atoms with E-state index in [9.17, 15) is 5.11 Å². The van der Waals surface area contributed by atoms with Crippen molar-refractivity contribution in [3.63, 3.8) is 0 Å². The number of benzene rings is 3. The van der Waals surface area contributed by atoms with Crippen molar-refractivity contribution in [1.29, 1.82) is 0 Å². The summed E-state index contributed by atoms with van der Waals surface area (Å²) in [5, 5.41) is 10.7. The largest absolute Gasteiger partial charge is 0.458 e. The van der Waals surface area contributed by atoms with Gasteiger partial charge in [0.25, 0.3) is 0 Å². The van der Waals surface area contributed by atoms with Gasteiger partial charge in [0.15, 0.2) is 17.2 Å². The third kappa shape index (κ3) is 5.18. The standard InChI is InChI=1S/C34H35N3O5/c1-22-29(26-19-39-31-28(26)36-21-37-32(31)35)41-27(30(22)42-33(2,3)38)20-40-34(23-13-7-4-8-14-23,24-15-9-5-10-16-24)25-17-11-6-12-18-25/h4-19,21-22,27,29-30,38H,20H2,1-3H3,(H2,35,36,37)/t22?,27-,29-,30?/m1/s1. The summed E-state index contributed by atoms with van der Waals surface area (Å²) in [4.78, 5) is 8.47. The Hall–Kier alpha value is -4.08. The molecule has 4 atom stereocenters. The van der Waals surface area contributed by atoms with Gasteiger partial charge in [0, 0.05) is 11.5 Å². The monoisotopic (exact) mass is 565 g/mol. The van der Waals surface area contributed by atoms with Crippen LogP contribution in [-0.2, 0) is 19.8 Å². The van der Waals surface area contributed by atoms with Crippen LogP contribution in [0.1, 0.15) is 49.1 Å². The van der Waals surface area contributed by atoms with E-state index in [-0.39, 0.29) is 18.3 Å². The van der Waals surface area contributed by atoms with Gasteiger partial charge in [-0.25, -0.2) is 9.97 Å². The normalized spacial score (nSPS) is 21.1. The summed E-state index contributed by atoms with van der Waals surface area (Å²) < 4.78 is 25.8. The van der Waals surface area contributed by atoms with Crippen LogP contribution in [0.3, 0.4) is 0 Å². The minimum Gasteiger partial charge on any atom is -0.458 e. The van der Waals surface area contributed by atoms with E-state index in [1.807, 2.05) is 61.5 Å². The molecule has 3 N–H and O–H groups in total. The Morgan fingerprint density at radius 1 is 0.857 bits per heavy atom. The van der Waals surface area contributed by atoms with Gasteiger partial charge in [-0.05, 0) is 30.5 Å². The molecular formula is C34H35N3O5. The third-order valence-corrected chi connectivity index (χ3v) is 7.83. The second-order valence-corrected chi connectivity index (χ2v) is 11.2. The first-order valence-electron chi connectivity index (χ1n) is 14.1. The molecule has 6 rings (SSSR count). The summed E-state index contributed by atoms with van der Waals surface area (Å²) in [5.41, 5.74) is 9.82. The highest BCUT2D eigenvalue weighted by atomic mass is 16.7. The average molecular weight is 566 g/mol. The second-order valence-electron chi connectivity index (χ2n) is 11.2. The van der Waals surface area contributed by atoms with Gasteiger partial charge < -0.3 is 29.5 Å². The Labute approximate surface area is 245 Å². The van der Waals surface area contributed by atoms with Crippen LogP contribution in [0.2, 0.25) is 0 Å². The van der Waals surface area contributed by atoms with Crippen molar-refractivity contribution in [3.8, 4) is 0 Å². The Morgan fingerprint density at radius 2 is 1.40 bits per heavy atom. The van der Waals surface area contributed by atoms with Crippen molar-refractivity contribution in [2.75, 3.05) is 12.3 Å². The summed E-state index contributed by atoms with van der Waals surface area (Å²) in [6.07, 6.45) is 1.55. The van der Waals surface area contributed by atoms with Crippen LogP contribution in [-0.4, -0.2) is 39.7 Å². The smallest absolute Gasteiger partial charge is 0.194 e. The molecule has 42 heavy (non-hydrogen) atoms. The van der Waals surface area contributed by atoms with Crippen molar-refractivity contribution < 1.29 is 23.7 Å². The number of nitrogen functional groups attached to an aromatic ring is 1. The zero-order chi connectivity index (χ0) is 29.3. The molecule has 0 saturated carbocycles. The topological polar surface area (TPSA) is 113 Å². The number of anilines is 1. The molecule has 0 spiro atoms. The Kier molecular flexibility index (Phi) is 7.55. The van der Waals surface area contributed by atoms with Crippen LogP contribution in [0.25, 0.3) is 11.1 Å². The lowest BCUT2D eigenvalue weighted by atomic mass is 9.80. The zero-order valence-corrected chi connectivity index (χ0v) is 23.9. The highest BCUT2D eigenvalue weighted by molar-refractivity contribution is 5.85. The lowest BCUT2D eigenvalue weighted by Crippen LogP contribution is -2.42. The molecular weight excluding hydrogens is 530 g/mol. The van der Waals surface area contributed by atoms with E-state index in [1.165, 1.54) is 6.33 Å². The second kappa shape index (κ2) is 11.3. The van der Waals surface area contributed by atoms with E-state index in [0.29, 0.717) is 11.1 Å². The number of nitrogens with two attached hydrogens (primary N) is 1. The number of rotatable bonds is 9. The highest BCUT2D eigenvalue weighted by Gasteiger charge is 2.48. The molecule has 1 saturated heterocycles. The maximum absolute atomic E-state index is 10.7. The van der Waals surface area contributed by atoms with E-state index in [4.69, 9.17) is 24.4 Å². The van der Waals surface area contributed by atoms with Crippen LogP contribution in [0.5, 0.6) is 0 Å². The molecule has 0 bridgehead atoms. The van der Waals surface area contributed by atoms with Gasteiger partial charge in [-0.2, -0.15) is 0 Å². The lowest BCUT2D eigenvalue weighted by Gasteiger charge is -2.37. The van der Waals surface area contributed by atoms with Gasteiger partial charge in [0.2, 0.25) is 0 Å². The quantitative estimate of drug-likeness (QED) is 0.165. The van der Waals surface area contributed by atoms with E-state index in [2.05, 4.69) is 46.4 Å². The number of hydrogen-bond donors (Lipinski definition) is 2. The number of ether oxygens (including phenoxy) is 3. The first kappa shape index (κ1) is 28.1. The summed E-state index contributed by atoms with van der Waals surface area (Å²) in [6, 6.07) is 30.5. The van der Waals surface area contributed by atoms with Crippen molar-refractivity contribution in [2.24, 2.45) is 5.92 Å². The molecule has 0 aliphatic carbocycles. The molecule has 8 nitrogen and oxygen atoms in total. The van der Waals surface area contributed by atoms with E-state index in [0.717, 1.165) is 22.3 Å². The molecule has 1 aliphatic rings. The molecule has 2 unspecified atom stereocenters. The highest BCUT2D eigenvalue weighted by Crippen LogP contribution is 2.46. The van der Waals surface area contributed by atoms with E-state index in [1.54, 1.807) is 20.1 Å². The van der Waals surface area contributed by atoms with Crippen molar-refractivity contribution in [2.45, 2.75) is 50.5 Å². The van der Waals surface area contributed by atoms with Gasteiger partial charge in [0.05, 0.1) is 25.1 Å². The van der Waals surface area contributed by atoms with Gasteiger partial charge >= 0.3 is 0 Å². The minimum atomic E-state index is -1.39. The number of fused-ring (bicyclic) bond motifs is 1. The van der Waals surface area contributed by atoms with Crippen LogP contribution >= 0.6 is 0 Å². The predicted molar refractivity (Wildman–Crippen MR) is 159 cm³/mol. The van der Waals surface area contributed by atoms with Gasteiger partial charge in [0.1, 0.15) is 23.5 Å². The lowest BCUT2D eigenvalue weighted by molar-refractivity contribution is -0.225. The van der Waals surface area contributed by atoms with Crippen molar-refractivity contribution in [1.82, 2.24) is 9.97 Å². The molecule has 3 aromatic carbocycles. The first-order valence-corrected chi connectivity index (χ1v) is 14.1. The molecule has 0 amide bonds. The number of aromatic nitrogens is 2. The van der Waals surface area contributed by atoms with Crippen molar-refractivity contribution >= 4 is 16.9 Å². The number of aliphatic hydroxyl groups is 1. The Balaban J connectivity index is 1.41. The fraction of sp³-hybridized carbons (Fsp3) is 0.294. The predicted octanol–water partition coefficient (Wildman–Crippen LogP) is 6.00. The van der Waals surface area contributed by atoms with Gasteiger partial charge in [-0.1, -0.05) is 97.9 Å². The van der Waals surface area contributed by atoms with Crippen LogP contribution in [0, 0.1) is 5.92 Å². The zero-order valence-electron chi connectivity index (χ0n) is 23.9. The molecule has 0 radical (unpaired) electrons. The van der Waals surface area contributed by atoms with Crippen LogP contribution in [0.15, 0.2) is 108 Å². The first-order chi connectivity index (χ1) is 20.3. The Bertz CT molecular complexity index is 1520. The maximum Gasteiger partial charge on any atom is 0.194 e. The summed E-state index contributed by atoms with van der Waals surface area (Å²) in [6.45, 7) is 5.44. The molecule has 5 aromatic rings. The molecule has 1 fully saturated rings. The molecule has 216 valence electrons. The average Bonchev–Trinajstić information content (AvgIpc) is 3.56.